The zero-order valence-electron chi connectivity index (χ0n) is 14.2. The third-order valence-corrected chi connectivity index (χ3v) is 4.43. The van der Waals surface area contributed by atoms with Crippen LogP contribution in [0.15, 0.2) is 42.7 Å². The Hall–Kier alpha value is -2.14. The van der Waals surface area contributed by atoms with Crippen LogP contribution in [0.25, 0.3) is 0 Å². The summed E-state index contributed by atoms with van der Waals surface area (Å²) >= 11 is 0. The minimum atomic E-state index is 0.310. The van der Waals surface area contributed by atoms with Gasteiger partial charge in [-0.1, -0.05) is 36.8 Å². The van der Waals surface area contributed by atoms with E-state index in [1.165, 1.54) is 17.5 Å². The number of rotatable bonds is 7. The molecule has 2 aromatic rings. The SMILES string of the molecule is O=C1CCCCCN1CCNCc1cnn(Cc2ccccc2)c1. The van der Waals surface area contributed by atoms with E-state index in [1.54, 1.807) is 0 Å². The minimum absolute atomic E-state index is 0.310. The molecule has 128 valence electrons. The normalized spacial score (nSPS) is 15.5. The Balaban J connectivity index is 1.40. The molecule has 0 aliphatic carbocycles. The van der Waals surface area contributed by atoms with Crippen molar-refractivity contribution >= 4 is 5.91 Å². The van der Waals surface area contributed by atoms with E-state index in [4.69, 9.17) is 0 Å². The molecule has 2 heterocycles. The van der Waals surface area contributed by atoms with Crippen molar-refractivity contribution in [1.29, 1.82) is 0 Å². The minimum Gasteiger partial charge on any atom is -0.341 e. The third-order valence-electron chi connectivity index (χ3n) is 4.43. The second-order valence-electron chi connectivity index (χ2n) is 6.40. The summed E-state index contributed by atoms with van der Waals surface area (Å²) in [5, 5.41) is 7.84. The summed E-state index contributed by atoms with van der Waals surface area (Å²) in [4.78, 5) is 13.9. The molecule has 0 radical (unpaired) electrons. The van der Waals surface area contributed by atoms with E-state index in [-0.39, 0.29) is 0 Å². The van der Waals surface area contributed by atoms with Crippen molar-refractivity contribution in [2.24, 2.45) is 0 Å². The quantitative estimate of drug-likeness (QED) is 0.795. The molecule has 1 fully saturated rings. The number of nitrogens with one attached hydrogen (secondary N) is 1. The first-order valence-corrected chi connectivity index (χ1v) is 8.85. The lowest BCUT2D eigenvalue weighted by molar-refractivity contribution is -0.130. The molecule has 0 unspecified atom stereocenters. The summed E-state index contributed by atoms with van der Waals surface area (Å²) in [6.07, 6.45) is 8.06. The van der Waals surface area contributed by atoms with E-state index in [1.807, 2.05) is 34.0 Å². The number of hydrogen-bond acceptors (Lipinski definition) is 3. The van der Waals surface area contributed by atoms with Crippen molar-refractivity contribution < 1.29 is 4.79 Å². The Bertz CT molecular complexity index is 638. The van der Waals surface area contributed by atoms with Gasteiger partial charge < -0.3 is 10.2 Å². The number of carbonyl (C=O) groups excluding carboxylic acids is 1. The Morgan fingerprint density at radius 3 is 2.83 bits per heavy atom. The van der Waals surface area contributed by atoms with Gasteiger partial charge in [0.25, 0.3) is 0 Å². The van der Waals surface area contributed by atoms with Crippen molar-refractivity contribution in [2.45, 2.75) is 38.8 Å². The Morgan fingerprint density at radius 2 is 1.96 bits per heavy atom. The van der Waals surface area contributed by atoms with Crippen LogP contribution < -0.4 is 5.32 Å². The highest BCUT2D eigenvalue weighted by molar-refractivity contribution is 5.76. The molecule has 0 atom stereocenters. The predicted octanol–water partition coefficient (Wildman–Crippen LogP) is 2.42. The van der Waals surface area contributed by atoms with Crippen LogP contribution in [0.2, 0.25) is 0 Å². The molecule has 1 aromatic carbocycles. The first-order valence-electron chi connectivity index (χ1n) is 8.85. The van der Waals surface area contributed by atoms with E-state index in [0.29, 0.717) is 12.3 Å². The average Bonchev–Trinajstić information content (AvgIpc) is 2.94. The molecule has 5 nitrogen and oxygen atoms in total. The third kappa shape index (κ3) is 4.93. The van der Waals surface area contributed by atoms with E-state index in [2.05, 4.69) is 28.7 Å². The zero-order valence-corrected chi connectivity index (χ0v) is 14.2. The Kier molecular flexibility index (Phi) is 6.01. The highest BCUT2D eigenvalue weighted by atomic mass is 16.2. The number of benzene rings is 1. The molecular weight excluding hydrogens is 300 g/mol. The molecule has 3 rings (SSSR count). The maximum absolute atomic E-state index is 11.9. The Morgan fingerprint density at radius 1 is 1.08 bits per heavy atom. The summed E-state index contributed by atoms with van der Waals surface area (Å²) in [6.45, 7) is 4.13. The van der Waals surface area contributed by atoms with E-state index in [0.717, 1.165) is 45.6 Å². The van der Waals surface area contributed by atoms with Crippen molar-refractivity contribution in [3.05, 3.63) is 53.9 Å². The lowest BCUT2D eigenvalue weighted by Gasteiger charge is -2.20. The number of carbonyl (C=O) groups is 1. The molecule has 0 spiro atoms. The van der Waals surface area contributed by atoms with Gasteiger partial charge in [0.1, 0.15) is 0 Å². The smallest absolute Gasteiger partial charge is 0.222 e. The van der Waals surface area contributed by atoms with E-state index >= 15 is 0 Å². The van der Waals surface area contributed by atoms with Gasteiger partial charge in [-0.05, 0) is 18.4 Å². The second-order valence-corrected chi connectivity index (χ2v) is 6.40. The van der Waals surface area contributed by atoms with Gasteiger partial charge in [-0.3, -0.25) is 9.48 Å². The number of nitrogens with zero attached hydrogens (tertiary/aromatic N) is 3. The van der Waals surface area contributed by atoms with Gasteiger partial charge in [-0.2, -0.15) is 5.10 Å². The first kappa shape index (κ1) is 16.7. The molecule has 24 heavy (non-hydrogen) atoms. The summed E-state index contributed by atoms with van der Waals surface area (Å²) in [5.74, 6) is 0.310. The fourth-order valence-corrected chi connectivity index (χ4v) is 3.08. The topological polar surface area (TPSA) is 50.2 Å². The first-order chi connectivity index (χ1) is 11.8. The summed E-state index contributed by atoms with van der Waals surface area (Å²) in [5.41, 5.74) is 2.42. The van der Waals surface area contributed by atoms with E-state index in [9.17, 15) is 4.79 Å². The lowest BCUT2D eigenvalue weighted by atomic mass is 10.2. The number of hydrogen-bond donors (Lipinski definition) is 1. The Labute approximate surface area is 143 Å². The summed E-state index contributed by atoms with van der Waals surface area (Å²) < 4.78 is 1.96. The number of aromatic nitrogens is 2. The molecule has 0 bridgehead atoms. The van der Waals surface area contributed by atoms with Crippen LogP contribution in [0.5, 0.6) is 0 Å². The molecule has 1 N–H and O–H groups in total. The molecule has 5 heteroatoms. The van der Waals surface area contributed by atoms with Crippen molar-refractivity contribution in [2.75, 3.05) is 19.6 Å². The average molecular weight is 326 g/mol. The second kappa shape index (κ2) is 8.64. The van der Waals surface area contributed by atoms with Gasteiger partial charge >= 0.3 is 0 Å². The number of amides is 1. The van der Waals surface area contributed by atoms with Crippen molar-refractivity contribution in [3.8, 4) is 0 Å². The van der Waals surface area contributed by atoms with Crippen molar-refractivity contribution in [1.82, 2.24) is 20.0 Å². The summed E-state index contributed by atoms with van der Waals surface area (Å²) in [6, 6.07) is 10.3. The molecular formula is C19H26N4O. The van der Waals surface area contributed by atoms with Gasteiger partial charge in [0.2, 0.25) is 5.91 Å². The fourth-order valence-electron chi connectivity index (χ4n) is 3.08. The van der Waals surface area contributed by atoms with Crippen molar-refractivity contribution in [3.63, 3.8) is 0 Å². The highest BCUT2D eigenvalue weighted by Crippen LogP contribution is 2.10. The van der Waals surface area contributed by atoms with Gasteiger partial charge in [0, 0.05) is 44.4 Å². The number of likely N-dealkylation sites (tertiary alicyclic amines) is 1. The highest BCUT2D eigenvalue weighted by Gasteiger charge is 2.15. The molecule has 1 aliphatic heterocycles. The molecule has 0 saturated carbocycles. The predicted molar refractivity (Wildman–Crippen MR) is 94.5 cm³/mol. The lowest BCUT2D eigenvalue weighted by Crippen LogP contribution is -2.36. The molecule has 1 aromatic heterocycles. The van der Waals surface area contributed by atoms with E-state index < -0.39 is 0 Å². The summed E-state index contributed by atoms with van der Waals surface area (Å²) in [7, 11) is 0. The van der Waals surface area contributed by atoms with Gasteiger partial charge in [0.05, 0.1) is 12.7 Å². The van der Waals surface area contributed by atoms with Crippen LogP contribution in [-0.4, -0.2) is 40.2 Å². The molecule has 1 aliphatic rings. The van der Waals surface area contributed by atoms with Crippen LogP contribution >= 0.6 is 0 Å². The van der Waals surface area contributed by atoms with Crippen LogP contribution in [0.3, 0.4) is 0 Å². The molecule has 1 amide bonds. The zero-order chi connectivity index (χ0) is 16.6. The molecule has 1 saturated heterocycles. The largest absolute Gasteiger partial charge is 0.341 e. The van der Waals surface area contributed by atoms with Gasteiger partial charge in [-0.15, -0.1) is 0 Å². The maximum Gasteiger partial charge on any atom is 0.222 e. The fraction of sp³-hybridized carbons (Fsp3) is 0.474. The van der Waals surface area contributed by atoms with Gasteiger partial charge in [-0.25, -0.2) is 0 Å². The monoisotopic (exact) mass is 326 g/mol. The van der Waals surface area contributed by atoms with Crippen LogP contribution in [-0.2, 0) is 17.9 Å². The maximum atomic E-state index is 11.9. The van der Waals surface area contributed by atoms with Crippen LogP contribution in [0.1, 0.15) is 36.8 Å². The van der Waals surface area contributed by atoms with Crippen LogP contribution in [0.4, 0.5) is 0 Å². The van der Waals surface area contributed by atoms with Gasteiger partial charge in [0.15, 0.2) is 0 Å². The van der Waals surface area contributed by atoms with Crippen LogP contribution in [0, 0.1) is 0 Å². The standard InChI is InChI=1S/C19H26N4O/c24-19-9-5-2-6-11-22(19)12-10-20-13-18-14-21-23(16-18)15-17-7-3-1-4-8-17/h1,3-4,7-8,14,16,20H,2,5-6,9-13,15H2.